The summed E-state index contributed by atoms with van der Waals surface area (Å²) in [6.07, 6.45) is 0. The van der Waals surface area contributed by atoms with Gasteiger partial charge in [-0.15, -0.1) is 15.3 Å². The summed E-state index contributed by atoms with van der Waals surface area (Å²) in [6.45, 7) is 0.350. The first kappa shape index (κ1) is 26.3. The molecule has 5 rings (SSSR count). The summed E-state index contributed by atoms with van der Waals surface area (Å²) in [5.74, 6) is 3.77. The molecule has 2 heterocycles. The molecular weight excluding hydrogens is 514 g/mol. The predicted molar refractivity (Wildman–Crippen MR) is 146 cm³/mol. The highest BCUT2D eigenvalue weighted by Gasteiger charge is 2.16. The maximum Gasteiger partial charge on any atom is 0.258 e. The van der Waals surface area contributed by atoms with Gasteiger partial charge in [0.15, 0.2) is 18.1 Å². The first-order valence-corrected chi connectivity index (χ1v) is 12.4. The SMILES string of the molecule is COc1ccc(-c2nnc3ccc(OCCNC(=O)COc4ccc(Oc5ccccc5)cc4)nn23)c(OC)c1. The van der Waals surface area contributed by atoms with E-state index in [-0.39, 0.29) is 25.7 Å². The second kappa shape index (κ2) is 12.5. The van der Waals surface area contributed by atoms with Crippen LogP contribution in [0.3, 0.4) is 0 Å². The minimum atomic E-state index is -0.274. The van der Waals surface area contributed by atoms with E-state index in [2.05, 4.69) is 20.6 Å². The van der Waals surface area contributed by atoms with Gasteiger partial charge in [0.1, 0.15) is 35.4 Å². The fourth-order valence-corrected chi connectivity index (χ4v) is 3.77. The zero-order chi connectivity index (χ0) is 27.7. The molecule has 0 unspecified atom stereocenters. The molecule has 0 aliphatic rings. The van der Waals surface area contributed by atoms with Gasteiger partial charge < -0.3 is 29.0 Å². The summed E-state index contributed by atoms with van der Waals surface area (Å²) >= 11 is 0. The van der Waals surface area contributed by atoms with Gasteiger partial charge in [-0.1, -0.05) is 18.2 Å². The normalized spacial score (nSPS) is 10.7. The number of methoxy groups -OCH3 is 2. The van der Waals surface area contributed by atoms with Crippen molar-refractivity contribution in [3.8, 4) is 46.0 Å². The van der Waals surface area contributed by atoms with Gasteiger partial charge in [-0.3, -0.25) is 4.79 Å². The Kier molecular flexibility index (Phi) is 8.21. The molecule has 0 radical (unpaired) electrons. The van der Waals surface area contributed by atoms with Crippen LogP contribution in [0.2, 0.25) is 0 Å². The Bertz CT molecular complexity index is 1570. The Morgan fingerprint density at radius 2 is 1.55 bits per heavy atom. The van der Waals surface area contributed by atoms with E-state index in [0.717, 1.165) is 5.75 Å². The summed E-state index contributed by atoms with van der Waals surface area (Å²) in [5, 5.41) is 15.7. The second-order valence-electron chi connectivity index (χ2n) is 8.41. The molecule has 0 aliphatic heterocycles. The Balaban J connectivity index is 1.10. The van der Waals surface area contributed by atoms with Gasteiger partial charge in [-0.05, 0) is 54.6 Å². The Morgan fingerprint density at radius 3 is 2.33 bits per heavy atom. The van der Waals surface area contributed by atoms with E-state index in [9.17, 15) is 4.79 Å². The Hall–Kier alpha value is -5.32. The number of fused-ring (bicyclic) bond motifs is 1. The number of aromatic nitrogens is 4. The third-order valence-corrected chi connectivity index (χ3v) is 5.73. The second-order valence-corrected chi connectivity index (χ2v) is 8.41. The van der Waals surface area contributed by atoms with E-state index < -0.39 is 0 Å². The van der Waals surface area contributed by atoms with Gasteiger partial charge >= 0.3 is 0 Å². The van der Waals surface area contributed by atoms with E-state index in [0.29, 0.717) is 45.9 Å². The van der Waals surface area contributed by atoms with Crippen LogP contribution in [-0.4, -0.2) is 59.7 Å². The average Bonchev–Trinajstić information content (AvgIpc) is 3.42. The van der Waals surface area contributed by atoms with Crippen molar-refractivity contribution in [3.05, 3.63) is 84.9 Å². The fraction of sp³-hybridized carbons (Fsp3) is 0.172. The lowest BCUT2D eigenvalue weighted by molar-refractivity contribution is -0.123. The monoisotopic (exact) mass is 541 g/mol. The molecule has 1 N–H and O–H groups in total. The number of hydrogen-bond donors (Lipinski definition) is 1. The minimum absolute atomic E-state index is 0.128. The van der Waals surface area contributed by atoms with Gasteiger partial charge in [0.25, 0.3) is 5.91 Å². The number of amides is 1. The molecule has 204 valence electrons. The summed E-state index contributed by atoms with van der Waals surface area (Å²) in [7, 11) is 3.16. The van der Waals surface area contributed by atoms with Gasteiger partial charge in [0.05, 0.1) is 26.3 Å². The zero-order valence-electron chi connectivity index (χ0n) is 21.9. The molecule has 11 nitrogen and oxygen atoms in total. The predicted octanol–water partition coefficient (Wildman–Crippen LogP) is 4.17. The number of nitrogens with zero attached hydrogens (tertiary/aromatic N) is 4. The first-order chi connectivity index (χ1) is 19.6. The van der Waals surface area contributed by atoms with Crippen molar-refractivity contribution in [1.29, 1.82) is 0 Å². The smallest absolute Gasteiger partial charge is 0.258 e. The van der Waals surface area contributed by atoms with Crippen LogP contribution in [0.5, 0.6) is 34.6 Å². The molecule has 2 aromatic heterocycles. The lowest BCUT2D eigenvalue weighted by atomic mass is 10.2. The lowest BCUT2D eigenvalue weighted by Gasteiger charge is -2.10. The van der Waals surface area contributed by atoms with Crippen LogP contribution in [0.25, 0.3) is 17.0 Å². The van der Waals surface area contributed by atoms with Gasteiger partial charge in [-0.25, -0.2) is 0 Å². The molecule has 0 fully saturated rings. The molecule has 0 aliphatic carbocycles. The molecule has 0 atom stereocenters. The number of benzene rings is 3. The van der Waals surface area contributed by atoms with Crippen molar-refractivity contribution >= 4 is 11.6 Å². The van der Waals surface area contributed by atoms with Gasteiger partial charge in [0, 0.05) is 12.1 Å². The van der Waals surface area contributed by atoms with E-state index in [1.54, 1.807) is 67.3 Å². The molecule has 0 saturated carbocycles. The van der Waals surface area contributed by atoms with Crippen LogP contribution in [0.15, 0.2) is 84.9 Å². The zero-order valence-corrected chi connectivity index (χ0v) is 21.9. The lowest BCUT2D eigenvalue weighted by Crippen LogP contribution is -2.32. The minimum Gasteiger partial charge on any atom is -0.497 e. The van der Waals surface area contributed by atoms with Crippen molar-refractivity contribution in [3.63, 3.8) is 0 Å². The number of nitrogens with one attached hydrogen (secondary N) is 1. The van der Waals surface area contributed by atoms with Crippen LogP contribution in [0.1, 0.15) is 0 Å². The first-order valence-electron chi connectivity index (χ1n) is 12.4. The van der Waals surface area contributed by atoms with Crippen molar-refractivity contribution in [2.45, 2.75) is 0 Å². The highest BCUT2D eigenvalue weighted by molar-refractivity contribution is 5.77. The Morgan fingerprint density at radius 1 is 0.800 bits per heavy atom. The molecule has 5 aromatic rings. The van der Waals surface area contributed by atoms with E-state index in [1.165, 1.54) is 0 Å². The Labute approximate surface area is 230 Å². The van der Waals surface area contributed by atoms with Crippen LogP contribution in [0.4, 0.5) is 0 Å². The largest absolute Gasteiger partial charge is 0.497 e. The summed E-state index contributed by atoms with van der Waals surface area (Å²) < 4.78 is 29.4. The summed E-state index contributed by atoms with van der Waals surface area (Å²) in [4.78, 5) is 12.2. The van der Waals surface area contributed by atoms with E-state index in [4.69, 9.17) is 23.7 Å². The number of carbonyl (C=O) groups is 1. The molecule has 0 spiro atoms. The summed E-state index contributed by atoms with van der Waals surface area (Å²) in [5.41, 5.74) is 1.25. The van der Waals surface area contributed by atoms with Crippen molar-refractivity contribution in [1.82, 2.24) is 25.1 Å². The quantitative estimate of drug-likeness (QED) is 0.232. The molecule has 3 aromatic carbocycles. The van der Waals surface area contributed by atoms with Gasteiger partial charge in [0.2, 0.25) is 5.88 Å². The van der Waals surface area contributed by atoms with Crippen LogP contribution < -0.4 is 29.0 Å². The van der Waals surface area contributed by atoms with E-state index in [1.807, 2.05) is 36.4 Å². The standard InChI is InChI=1S/C29H27N5O6/c1-36-23-12-13-24(25(18-23)37-2)29-32-31-26-14-15-28(33-34(26)29)38-17-16-30-27(35)19-39-20-8-10-22(11-9-20)40-21-6-4-3-5-7-21/h3-15,18H,16-17,19H2,1-2H3,(H,30,35). The molecule has 40 heavy (non-hydrogen) atoms. The average molecular weight is 542 g/mol. The molecule has 1 amide bonds. The maximum absolute atomic E-state index is 12.2. The van der Waals surface area contributed by atoms with Crippen LogP contribution in [-0.2, 0) is 4.79 Å². The number of hydrogen-bond acceptors (Lipinski definition) is 9. The fourth-order valence-electron chi connectivity index (χ4n) is 3.77. The number of carbonyl (C=O) groups excluding carboxylic acids is 1. The third-order valence-electron chi connectivity index (χ3n) is 5.73. The third kappa shape index (κ3) is 6.38. The number of para-hydroxylation sites is 1. The van der Waals surface area contributed by atoms with E-state index >= 15 is 0 Å². The highest BCUT2D eigenvalue weighted by Crippen LogP contribution is 2.32. The van der Waals surface area contributed by atoms with Crippen molar-refractivity contribution in [2.75, 3.05) is 34.0 Å². The summed E-state index contributed by atoms with van der Waals surface area (Å²) in [6, 6.07) is 25.4. The number of rotatable bonds is 12. The molecule has 0 saturated heterocycles. The molecule has 11 heteroatoms. The molecule has 0 bridgehead atoms. The van der Waals surface area contributed by atoms with Gasteiger partial charge in [-0.2, -0.15) is 4.52 Å². The van der Waals surface area contributed by atoms with Crippen LogP contribution >= 0.6 is 0 Å². The topological polar surface area (TPSA) is 118 Å². The maximum atomic E-state index is 12.2. The van der Waals surface area contributed by atoms with Crippen molar-refractivity contribution in [2.24, 2.45) is 0 Å². The highest BCUT2D eigenvalue weighted by atomic mass is 16.5. The van der Waals surface area contributed by atoms with Crippen molar-refractivity contribution < 1.29 is 28.5 Å². The number of ether oxygens (including phenoxy) is 5. The van der Waals surface area contributed by atoms with Crippen LogP contribution in [0, 0.1) is 0 Å². The molecular formula is C29H27N5O6.